The largest absolute Gasteiger partial charge is 0.488 e. The molecule has 1 fully saturated rings. The maximum Gasteiger partial charge on any atom is 0.124 e. The Balaban J connectivity index is 1.49. The topological polar surface area (TPSA) is 12.5 Å². The number of rotatable bonds is 5. The highest BCUT2D eigenvalue weighted by atomic mass is 16.5. The average molecular weight is 329 g/mol. The van der Waals surface area contributed by atoms with E-state index in [1.807, 2.05) is 6.07 Å². The Morgan fingerprint density at radius 3 is 1.96 bits per heavy atom. The SMILES string of the molecule is Cc1cccc(OC2CN(C(c3ccccc3)c3ccccc3)C2)c1. The number of ether oxygens (including phenoxy) is 1. The molecule has 0 amide bonds. The Morgan fingerprint density at radius 1 is 0.800 bits per heavy atom. The minimum Gasteiger partial charge on any atom is -0.488 e. The van der Waals surface area contributed by atoms with E-state index in [9.17, 15) is 0 Å². The maximum absolute atomic E-state index is 6.14. The second-order valence-electron chi connectivity index (χ2n) is 6.73. The fourth-order valence-corrected chi connectivity index (χ4v) is 3.52. The van der Waals surface area contributed by atoms with E-state index in [2.05, 4.69) is 90.7 Å². The minimum absolute atomic E-state index is 0.261. The summed E-state index contributed by atoms with van der Waals surface area (Å²) in [6, 6.07) is 30.1. The van der Waals surface area contributed by atoms with Crippen LogP contribution in [0, 0.1) is 6.92 Å². The van der Waals surface area contributed by atoms with E-state index in [0.29, 0.717) is 6.04 Å². The van der Waals surface area contributed by atoms with Crippen molar-refractivity contribution in [1.82, 2.24) is 4.90 Å². The Morgan fingerprint density at radius 2 is 1.40 bits per heavy atom. The minimum atomic E-state index is 0.261. The summed E-state index contributed by atoms with van der Waals surface area (Å²) in [6.45, 7) is 3.99. The van der Waals surface area contributed by atoms with Crippen molar-refractivity contribution < 1.29 is 4.74 Å². The molecule has 2 heteroatoms. The van der Waals surface area contributed by atoms with Crippen LogP contribution in [0.2, 0.25) is 0 Å². The lowest BCUT2D eigenvalue weighted by atomic mass is 9.94. The lowest BCUT2D eigenvalue weighted by Gasteiger charge is -2.44. The first kappa shape index (κ1) is 15.9. The summed E-state index contributed by atoms with van der Waals surface area (Å²) in [4.78, 5) is 2.49. The van der Waals surface area contributed by atoms with Gasteiger partial charge in [-0.2, -0.15) is 0 Å². The highest BCUT2D eigenvalue weighted by Gasteiger charge is 2.35. The van der Waals surface area contributed by atoms with E-state index in [1.165, 1.54) is 16.7 Å². The Bertz CT molecular complexity index is 770. The van der Waals surface area contributed by atoms with E-state index in [-0.39, 0.29) is 6.10 Å². The van der Waals surface area contributed by atoms with Gasteiger partial charge in [-0.25, -0.2) is 0 Å². The third-order valence-electron chi connectivity index (χ3n) is 4.76. The van der Waals surface area contributed by atoms with Crippen molar-refractivity contribution in [1.29, 1.82) is 0 Å². The fourth-order valence-electron chi connectivity index (χ4n) is 3.52. The summed E-state index contributed by atoms with van der Waals surface area (Å²) in [6.07, 6.45) is 0.261. The highest BCUT2D eigenvalue weighted by Crippen LogP contribution is 2.33. The van der Waals surface area contributed by atoms with Gasteiger partial charge >= 0.3 is 0 Å². The van der Waals surface area contributed by atoms with E-state index in [1.54, 1.807) is 0 Å². The van der Waals surface area contributed by atoms with Crippen LogP contribution in [0.5, 0.6) is 5.75 Å². The van der Waals surface area contributed by atoms with Crippen LogP contribution in [-0.2, 0) is 0 Å². The van der Waals surface area contributed by atoms with Gasteiger partial charge in [0.15, 0.2) is 0 Å². The molecule has 25 heavy (non-hydrogen) atoms. The van der Waals surface area contributed by atoms with E-state index in [4.69, 9.17) is 4.74 Å². The van der Waals surface area contributed by atoms with Crippen molar-refractivity contribution in [2.45, 2.75) is 19.1 Å². The summed E-state index contributed by atoms with van der Waals surface area (Å²) in [5.41, 5.74) is 3.91. The van der Waals surface area contributed by atoms with Gasteiger partial charge in [0.2, 0.25) is 0 Å². The van der Waals surface area contributed by atoms with Crippen LogP contribution in [0.3, 0.4) is 0 Å². The zero-order valence-corrected chi connectivity index (χ0v) is 14.5. The highest BCUT2D eigenvalue weighted by molar-refractivity contribution is 5.33. The molecular weight excluding hydrogens is 306 g/mol. The Hall–Kier alpha value is -2.58. The number of benzene rings is 3. The molecule has 0 atom stereocenters. The van der Waals surface area contributed by atoms with Crippen LogP contribution in [0.1, 0.15) is 22.7 Å². The Kier molecular flexibility index (Phi) is 4.53. The summed E-state index contributed by atoms with van der Waals surface area (Å²) >= 11 is 0. The summed E-state index contributed by atoms with van der Waals surface area (Å²) in [7, 11) is 0. The quantitative estimate of drug-likeness (QED) is 0.663. The van der Waals surface area contributed by atoms with Gasteiger partial charge in [-0.1, -0.05) is 72.8 Å². The molecule has 0 unspecified atom stereocenters. The van der Waals surface area contributed by atoms with Gasteiger partial charge in [0.05, 0.1) is 6.04 Å². The van der Waals surface area contributed by atoms with Gasteiger partial charge in [0, 0.05) is 13.1 Å². The lowest BCUT2D eigenvalue weighted by Crippen LogP contribution is -2.55. The van der Waals surface area contributed by atoms with Crippen LogP contribution in [0.25, 0.3) is 0 Å². The first-order valence-electron chi connectivity index (χ1n) is 8.87. The number of hydrogen-bond donors (Lipinski definition) is 0. The van der Waals surface area contributed by atoms with Crippen LogP contribution in [0.4, 0.5) is 0 Å². The van der Waals surface area contributed by atoms with Gasteiger partial charge in [-0.15, -0.1) is 0 Å². The van der Waals surface area contributed by atoms with Gasteiger partial charge in [0.1, 0.15) is 11.9 Å². The third-order valence-corrected chi connectivity index (χ3v) is 4.76. The molecule has 0 aliphatic carbocycles. The van der Waals surface area contributed by atoms with E-state index >= 15 is 0 Å². The molecule has 0 spiro atoms. The first-order chi connectivity index (χ1) is 12.3. The summed E-state index contributed by atoms with van der Waals surface area (Å²) < 4.78 is 6.14. The smallest absolute Gasteiger partial charge is 0.124 e. The molecule has 1 aliphatic rings. The van der Waals surface area contributed by atoms with Crippen LogP contribution >= 0.6 is 0 Å². The predicted molar refractivity (Wildman–Crippen MR) is 102 cm³/mol. The molecule has 1 aliphatic heterocycles. The molecule has 1 saturated heterocycles. The number of aryl methyl sites for hydroxylation is 1. The summed E-state index contributed by atoms with van der Waals surface area (Å²) in [5.74, 6) is 0.973. The average Bonchev–Trinajstić information content (AvgIpc) is 2.62. The second-order valence-corrected chi connectivity index (χ2v) is 6.73. The van der Waals surface area contributed by atoms with Crippen molar-refractivity contribution in [3.63, 3.8) is 0 Å². The third kappa shape index (κ3) is 3.59. The molecule has 2 nitrogen and oxygen atoms in total. The zero-order chi connectivity index (χ0) is 17.1. The van der Waals surface area contributed by atoms with Crippen molar-refractivity contribution >= 4 is 0 Å². The van der Waals surface area contributed by atoms with Crippen molar-refractivity contribution in [2.75, 3.05) is 13.1 Å². The standard InChI is InChI=1S/C23H23NO/c1-18-9-8-14-21(15-18)25-22-16-24(17-22)23(19-10-4-2-5-11-19)20-12-6-3-7-13-20/h2-15,22-23H,16-17H2,1H3. The van der Waals surface area contributed by atoms with Crippen LogP contribution < -0.4 is 4.74 Å². The van der Waals surface area contributed by atoms with E-state index in [0.717, 1.165) is 18.8 Å². The molecule has 0 aromatic heterocycles. The van der Waals surface area contributed by atoms with Crippen LogP contribution in [-0.4, -0.2) is 24.1 Å². The van der Waals surface area contributed by atoms with Crippen molar-refractivity contribution in [2.24, 2.45) is 0 Å². The molecule has 3 aromatic carbocycles. The molecule has 0 radical (unpaired) electrons. The number of likely N-dealkylation sites (tertiary alicyclic amines) is 1. The molecule has 4 rings (SSSR count). The van der Waals surface area contributed by atoms with Gasteiger partial charge in [-0.05, 0) is 35.7 Å². The normalized spacial score (nSPS) is 15.1. The monoisotopic (exact) mass is 329 g/mol. The molecule has 1 heterocycles. The predicted octanol–water partition coefficient (Wildman–Crippen LogP) is 4.85. The fraction of sp³-hybridized carbons (Fsp3) is 0.217. The zero-order valence-electron chi connectivity index (χ0n) is 14.5. The molecule has 126 valence electrons. The number of nitrogens with zero attached hydrogens (tertiary/aromatic N) is 1. The molecule has 3 aromatic rings. The van der Waals surface area contributed by atoms with Crippen LogP contribution in [0.15, 0.2) is 84.9 Å². The van der Waals surface area contributed by atoms with Gasteiger partial charge in [-0.3, -0.25) is 4.90 Å². The molecule has 0 N–H and O–H groups in total. The Labute approximate surface area is 149 Å². The first-order valence-corrected chi connectivity index (χ1v) is 8.87. The van der Waals surface area contributed by atoms with Gasteiger partial charge < -0.3 is 4.74 Å². The van der Waals surface area contributed by atoms with Crippen molar-refractivity contribution in [3.05, 3.63) is 102 Å². The number of hydrogen-bond acceptors (Lipinski definition) is 2. The summed E-state index contributed by atoms with van der Waals surface area (Å²) in [5, 5.41) is 0. The molecular formula is C23H23NO. The van der Waals surface area contributed by atoms with Gasteiger partial charge in [0.25, 0.3) is 0 Å². The van der Waals surface area contributed by atoms with E-state index < -0.39 is 0 Å². The molecule has 0 bridgehead atoms. The molecule has 0 saturated carbocycles. The lowest BCUT2D eigenvalue weighted by molar-refractivity contribution is 0.000267. The second kappa shape index (κ2) is 7.12. The maximum atomic E-state index is 6.14. The van der Waals surface area contributed by atoms with Crippen molar-refractivity contribution in [3.8, 4) is 5.75 Å².